The lowest BCUT2D eigenvalue weighted by molar-refractivity contribution is 0.249. The molecule has 4 aromatic carbocycles. The average molecular weight is 354 g/mol. The molecule has 5 rings (SSSR count). The molecule has 1 aliphatic carbocycles. The van der Waals surface area contributed by atoms with Gasteiger partial charge in [0.25, 0.3) is 0 Å². The minimum absolute atomic E-state index is 0.174. The molecule has 132 valence electrons. The molecule has 0 bridgehead atoms. The van der Waals surface area contributed by atoms with Crippen LogP contribution in [0.5, 0.6) is 17.2 Å². The molecule has 1 atom stereocenters. The summed E-state index contributed by atoms with van der Waals surface area (Å²) in [6, 6.07) is 21.3. The highest BCUT2D eigenvalue weighted by molar-refractivity contribution is 5.96. The van der Waals surface area contributed by atoms with Crippen LogP contribution in [0, 0.1) is 0 Å². The summed E-state index contributed by atoms with van der Waals surface area (Å²) in [6.45, 7) is 0. The number of aromatic hydroxyl groups is 2. The standard InChI is InChI=1S/C24H18O3/c25-23-17-10-3-4-11-18(17)24(26)22-19(23)12-6-14-21(22)27-20-13-5-8-15-7-1-2-9-16(15)20/h1-11,13-14,21,25-26H,12H2. The number of hydrogen-bond acceptors (Lipinski definition) is 3. The Balaban J connectivity index is 1.68. The highest BCUT2D eigenvalue weighted by Crippen LogP contribution is 2.46. The third kappa shape index (κ3) is 2.43. The van der Waals surface area contributed by atoms with Gasteiger partial charge in [-0.25, -0.2) is 0 Å². The van der Waals surface area contributed by atoms with Crippen LogP contribution in [-0.4, -0.2) is 10.2 Å². The Kier molecular flexibility index (Phi) is 3.54. The quantitative estimate of drug-likeness (QED) is 0.362. The summed E-state index contributed by atoms with van der Waals surface area (Å²) in [5, 5.41) is 25.1. The van der Waals surface area contributed by atoms with Crippen molar-refractivity contribution >= 4 is 21.5 Å². The molecule has 3 nitrogen and oxygen atoms in total. The minimum atomic E-state index is -0.463. The molecular weight excluding hydrogens is 336 g/mol. The summed E-state index contributed by atoms with van der Waals surface area (Å²) < 4.78 is 6.32. The number of phenols is 2. The number of rotatable bonds is 2. The smallest absolute Gasteiger partial charge is 0.146 e. The Morgan fingerprint density at radius 1 is 0.741 bits per heavy atom. The lowest BCUT2D eigenvalue weighted by Crippen LogP contribution is -2.12. The van der Waals surface area contributed by atoms with Gasteiger partial charge in [0.2, 0.25) is 0 Å². The van der Waals surface area contributed by atoms with Crippen molar-refractivity contribution in [2.24, 2.45) is 0 Å². The van der Waals surface area contributed by atoms with Crippen LogP contribution >= 0.6 is 0 Å². The fourth-order valence-corrected chi connectivity index (χ4v) is 3.93. The fraction of sp³-hybridized carbons (Fsp3) is 0.0833. The first-order valence-corrected chi connectivity index (χ1v) is 9.00. The molecule has 1 aliphatic rings. The molecule has 0 saturated carbocycles. The molecular formula is C24H18O3. The van der Waals surface area contributed by atoms with E-state index >= 15 is 0 Å². The van der Waals surface area contributed by atoms with Crippen molar-refractivity contribution in [1.29, 1.82) is 0 Å². The topological polar surface area (TPSA) is 49.7 Å². The van der Waals surface area contributed by atoms with Gasteiger partial charge in [0.05, 0.1) is 0 Å². The van der Waals surface area contributed by atoms with Gasteiger partial charge in [-0.3, -0.25) is 0 Å². The third-order valence-electron chi connectivity index (χ3n) is 5.22. The number of ether oxygens (including phenoxy) is 1. The largest absolute Gasteiger partial charge is 0.507 e. The first-order valence-electron chi connectivity index (χ1n) is 9.00. The molecule has 27 heavy (non-hydrogen) atoms. The van der Waals surface area contributed by atoms with Crippen LogP contribution in [0.3, 0.4) is 0 Å². The number of fused-ring (bicyclic) bond motifs is 3. The second kappa shape index (κ2) is 6.06. The Labute approximate surface area is 156 Å². The Morgan fingerprint density at radius 3 is 2.22 bits per heavy atom. The zero-order chi connectivity index (χ0) is 18.4. The Bertz CT molecular complexity index is 1200. The van der Waals surface area contributed by atoms with Crippen LogP contribution in [0.4, 0.5) is 0 Å². The molecule has 3 heteroatoms. The van der Waals surface area contributed by atoms with E-state index in [4.69, 9.17) is 4.74 Å². The van der Waals surface area contributed by atoms with Gasteiger partial charge in [0.1, 0.15) is 23.4 Å². The van der Waals surface area contributed by atoms with E-state index in [9.17, 15) is 10.2 Å². The first kappa shape index (κ1) is 15.8. The van der Waals surface area contributed by atoms with Crippen LogP contribution in [0.25, 0.3) is 21.5 Å². The van der Waals surface area contributed by atoms with Crippen molar-refractivity contribution in [1.82, 2.24) is 0 Å². The van der Waals surface area contributed by atoms with Crippen molar-refractivity contribution in [3.05, 3.63) is 90.0 Å². The van der Waals surface area contributed by atoms with Crippen LogP contribution in [0.15, 0.2) is 78.9 Å². The molecule has 4 aromatic rings. The summed E-state index contributed by atoms with van der Waals surface area (Å²) in [4.78, 5) is 0. The summed E-state index contributed by atoms with van der Waals surface area (Å²) in [6.07, 6.45) is 4.02. The van der Waals surface area contributed by atoms with Crippen molar-refractivity contribution in [2.75, 3.05) is 0 Å². The molecule has 0 aromatic heterocycles. The van der Waals surface area contributed by atoms with E-state index in [2.05, 4.69) is 0 Å². The van der Waals surface area contributed by atoms with Gasteiger partial charge in [-0.2, -0.15) is 0 Å². The number of benzene rings is 4. The number of allylic oxidation sites excluding steroid dienone is 1. The molecule has 1 unspecified atom stereocenters. The van der Waals surface area contributed by atoms with E-state index in [-0.39, 0.29) is 11.5 Å². The molecule has 0 aliphatic heterocycles. The molecule has 0 amide bonds. The van der Waals surface area contributed by atoms with E-state index in [1.807, 2.05) is 78.9 Å². The molecule has 0 heterocycles. The van der Waals surface area contributed by atoms with Crippen molar-refractivity contribution < 1.29 is 14.9 Å². The van der Waals surface area contributed by atoms with Gasteiger partial charge < -0.3 is 14.9 Å². The summed E-state index contributed by atoms with van der Waals surface area (Å²) >= 11 is 0. The maximum atomic E-state index is 11.0. The molecule has 0 saturated heterocycles. The van der Waals surface area contributed by atoms with Gasteiger partial charge in [0, 0.05) is 27.3 Å². The lowest BCUT2D eigenvalue weighted by atomic mass is 9.89. The van der Waals surface area contributed by atoms with Crippen LogP contribution in [0.1, 0.15) is 17.2 Å². The first-order chi connectivity index (χ1) is 13.2. The van der Waals surface area contributed by atoms with E-state index in [1.165, 1.54) is 0 Å². The normalized spacial score (nSPS) is 15.8. The van der Waals surface area contributed by atoms with E-state index in [0.29, 0.717) is 22.8 Å². The molecule has 2 N–H and O–H groups in total. The maximum absolute atomic E-state index is 11.0. The molecule has 0 spiro atoms. The molecule has 0 fully saturated rings. The summed E-state index contributed by atoms with van der Waals surface area (Å²) in [5.74, 6) is 1.14. The SMILES string of the molecule is Oc1c2c(c(O)c3ccccc13)C(Oc1cccc3ccccc13)C=CC2. The lowest BCUT2D eigenvalue weighted by Gasteiger charge is -2.25. The summed E-state index contributed by atoms with van der Waals surface area (Å²) in [5.41, 5.74) is 1.36. The second-order valence-electron chi connectivity index (χ2n) is 6.78. The van der Waals surface area contributed by atoms with Gasteiger partial charge in [-0.05, 0) is 23.9 Å². The van der Waals surface area contributed by atoms with Gasteiger partial charge >= 0.3 is 0 Å². The maximum Gasteiger partial charge on any atom is 0.146 e. The van der Waals surface area contributed by atoms with Gasteiger partial charge in [-0.1, -0.05) is 66.7 Å². The van der Waals surface area contributed by atoms with Crippen molar-refractivity contribution in [2.45, 2.75) is 12.5 Å². The van der Waals surface area contributed by atoms with Crippen molar-refractivity contribution in [3.63, 3.8) is 0 Å². The highest BCUT2D eigenvalue weighted by atomic mass is 16.5. The number of hydrogen-bond donors (Lipinski definition) is 2. The van der Waals surface area contributed by atoms with Crippen LogP contribution in [0.2, 0.25) is 0 Å². The Hall–Kier alpha value is -3.46. The van der Waals surface area contributed by atoms with Gasteiger partial charge in [-0.15, -0.1) is 0 Å². The monoisotopic (exact) mass is 354 g/mol. The average Bonchev–Trinajstić information content (AvgIpc) is 2.72. The van der Waals surface area contributed by atoms with E-state index in [1.54, 1.807) is 0 Å². The van der Waals surface area contributed by atoms with E-state index in [0.717, 1.165) is 22.1 Å². The number of phenolic OH excluding ortho intramolecular Hbond substituents is 2. The van der Waals surface area contributed by atoms with Crippen molar-refractivity contribution in [3.8, 4) is 17.2 Å². The molecule has 0 radical (unpaired) electrons. The Morgan fingerprint density at radius 2 is 1.41 bits per heavy atom. The van der Waals surface area contributed by atoms with Crippen LogP contribution in [-0.2, 0) is 6.42 Å². The highest BCUT2D eigenvalue weighted by Gasteiger charge is 2.27. The predicted octanol–water partition coefficient (Wildman–Crippen LogP) is 5.64. The van der Waals surface area contributed by atoms with E-state index < -0.39 is 6.10 Å². The second-order valence-corrected chi connectivity index (χ2v) is 6.78. The summed E-state index contributed by atoms with van der Waals surface area (Å²) in [7, 11) is 0. The fourth-order valence-electron chi connectivity index (χ4n) is 3.93. The predicted molar refractivity (Wildman–Crippen MR) is 107 cm³/mol. The third-order valence-corrected chi connectivity index (χ3v) is 5.22. The van der Waals surface area contributed by atoms with Gasteiger partial charge in [0.15, 0.2) is 0 Å². The zero-order valence-electron chi connectivity index (χ0n) is 14.6. The minimum Gasteiger partial charge on any atom is -0.507 e. The van der Waals surface area contributed by atoms with Crippen LogP contribution < -0.4 is 4.74 Å². The zero-order valence-corrected chi connectivity index (χ0v) is 14.6.